The summed E-state index contributed by atoms with van der Waals surface area (Å²) in [5, 5.41) is 0.785. The summed E-state index contributed by atoms with van der Waals surface area (Å²) in [5.41, 5.74) is 3.79. The Morgan fingerprint density at radius 2 is 1.76 bits per heavy atom. The molecule has 0 radical (unpaired) electrons. The van der Waals surface area contributed by atoms with Crippen LogP contribution in [-0.4, -0.2) is 13.2 Å². The van der Waals surface area contributed by atoms with Crippen LogP contribution in [-0.2, 0) is 4.74 Å². The number of benzene rings is 2. The third-order valence-electron chi connectivity index (χ3n) is 3.18. The molecule has 0 spiro atoms. The zero-order valence-corrected chi connectivity index (χ0v) is 10.2. The van der Waals surface area contributed by atoms with Gasteiger partial charge in [0.15, 0.2) is 0 Å². The van der Waals surface area contributed by atoms with Gasteiger partial charge in [0.2, 0.25) is 0 Å². The Kier molecular flexibility index (Phi) is 2.87. The summed E-state index contributed by atoms with van der Waals surface area (Å²) in [4.78, 5) is 0. The molecule has 0 bridgehead atoms. The van der Waals surface area contributed by atoms with Gasteiger partial charge in [-0.2, -0.15) is 0 Å². The molecule has 1 heterocycles. The predicted octanol–water partition coefficient (Wildman–Crippen LogP) is 4.12. The molecule has 86 valence electrons. The molecule has 2 heteroatoms. The molecule has 2 aromatic carbocycles. The second-order valence-electron chi connectivity index (χ2n) is 4.33. The van der Waals surface area contributed by atoms with Crippen molar-refractivity contribution in [2.45, 2.75) is 5.92 Å². The lowest BCUT2D eigenvalue weighted by Gasteiger charge is -2.28. The first-order chi connectivity index (χ1) is 8.34. The summed E-state index contributed by atoms with van der Waals surface area (Å²) < 4.78 is 5.28. The van der Waals surface area contributed by atoms with Crippen LogP contribution in [0.4, 0.5) is 0 Å². The van der Waals surface area contributed by atoms with E-state index in [-0.39, 0.29) is 0 Å². The van der Waals surface area contributed by atoms with Crippen molar-refractivity contribution in [2.75, 3.05) is 13.2 Å². The zero-order valence-electron chi connectivity index (χ0n) is 9.40. The maximum absolute atomic E-state index is 6.10. The normalized spacial score (nSPS) is 15.6. The van der Waals surface area contributed by atoms with Crippen LogP contribution in [0, 0.1) is 0 Å². The van der Waals surface area contributed by atoms with Crippen molar-refractivity contribution < 1.29 is 4.74 Å². The van der Waals surface area contributed by atoms with Crippen LogP contribution >= 0.6 is 11.6 Å². The molecule has 1 nitrogen and oxygen atoms in total. The lowest BCUT2D eigenvalue weighted by molar-refractivity contribution is 0.00864. The fourth-order valence-corrected chi connectivity index (χ4v) is 2.34. The highest BCUT2D eigenvalue weighted by molar-refractivity contribution is 6.30. The molecule has 0 aromatic heterocycles. The van der Waals surface area contributed by atoms with Gasteiger partial charge in [-0.1, -0.05) is 48.0 Å². The largest absolute Gasteiger partial charge is 0.380 e. The second kappa shape index (κ2) is 4.52. The molecule has 17 heavy (non-hydrogen) atoms. The van der Waals surface area contributed by atoms with Gasteiger partial charge in [-0.05, 0) is 28.8 Å². The average Bonchev–Trinajstić information content (AvgIpc) is 2.30. The van der Waals surface area contributed by atoms with Crippen LogP contribution < -0.4 is 0 Å². The molecule has 1 saturated heterocycles. The van der Waals surface area contributed by atoms with Gasteiger partial charge in [-0.15, -0.1) is 0 Å². The molecule has 3 rings (SSSR count). The van der Waals surface area contributed by atoms with Gasteiger partial charge in [-0.3, -0.25) is 0 Å². The molecule has 1 fully saturated rings. The minimum atomic E-state index is 0.516. The number of halogens is 1. The van der Waals surface area contributed by atoms with Crippen molar-refractivity contribution in [3.05, 3.63) is 59.1 Å². The lowest BCUT2D eigenvalue weighted by Crippen LogP contribution is -2.25. The van der Waals surface area contributed by atoms with Gasteiger partial charge >= 0.3 is 0 Å². The van der Waals surface area contributed by atoms with E-state index in [1.807, 2.05) is 18.2 Å². The number of ether oxygens (including phenoxy) is 1. The highest BCUT2D eigenvalue weighted by atomic mass is 35.5. The number of hydrogen-bond acceptors (Lipinski definition) is 1. The van der Waals surface area contributed by atoms with Crippen molar-refractivity contribution in [3.8, 4) is 11.1 Å². The first-order valence-corrected chi connectivity index (χ1v) is 6.15. The van der Waals surface area contributed by atoms with Gasteiger partial charge in [0.25, 0.3) is 0 Å². The first kappa shape index (κ1) is 10.8. The molecule has 0 aliphatic carbocycles. The van der Waals surface area contributed by atoms with Crippen molar-refractivity contribution in [1.82, 2.24) is 0 Å². The Morgan fingerprint density at radius 1 is 1.00 bits per heavy atom. The maximum Gasteiger partial charge on any atom is 0.0557 e. The van der Waals surface area contributed by atoms with Crippen LogP contribution in [0.15, 0.2) is 48.5 Å². The van der Waals surface area contributed by atoms with Gasteiger partial charge in [-0.25, -0.2) is 0 Å². The van der Waals surface area contributed by atoms with E-state index in [4.69, 9.17) is 16.3 Å². The third-order valence-corrected chi connectivity index (χ3v) is 3.41. The van der Waals surface area contributed by atoms with E-state index in [1.165, 1.54) is 16.7 Å². The minimum absolute atomic E-state index is 0.516. The van der Waals surface area contributed by atoms with E-state index >= 15 is 0 Å². The molecule has 0 saturated carbocycles. The SMILES string of the molecule is Clc1ccc(C2COC2)c(-c2ccccc2)c1. The monoisotopic (exact) mass is 244 g/mol. The standard InChI is InChI=1S/C15H13ClO/c16-13-6-7-14(12-9-17-10-12)15(8-13)11-4-2-1-3-5-11/h1-8,12H,9-10H2. The van der Waals surface area contributed by atoms with Gasteiger partial charge in [0.05, 0.1) is 13.2 Å². The van der Waals surface area contributed by atoms with E-state index in [0.29, 0.717) is 5.92 Å². The molecule has 0 amide bonds. The molecule has 0 N–H and O–H groups in total. The summed E-state index contributed by atoms with van der Waals surface area (Å²) in [6.07, 6.45) is 0. The van der Waals surface area contributed by atoms with Crippen molar-refractivity contribution in [1.29, 1.82) is 0 Å². The highest BCUT2D eigenvalue weighted by Crippen LogP contribution is 2.34. The topological polar surface area (TPSA) is 9.23 Å². The molecule has 1 aliphatic rings. The van der Waals surface area contributed by atoms with E-state index in [1.54, 1.807) is 0 Å². The summed E-state index contributed by atoms with van der Waals surface area (Å²) >= 11 is 6.10. The van der Waals surface area contributed by atoms with E-state index in [0.717, 1.165) is 18.2 Å². The fourth-order valence-electron chi connectivity index (χ4n) is 2.17. The number of hydrogen-bond donors (Lipinski definition) is 0. The Labute approximate surface area is 106 Å². The lowest BCUT2D eigenvalue weighted by atomic mass is 9.89. The third kappa shape index (κ3) is 2.08. The van der Waals surface area contributed by atoms with E-state index in [9.17, 15) is 0 Å². The Hall–Kier alpha value is -1.31. The molecule has 1 aliphatic heterocycles. The van der Waals surface area contributed by atoms with E-state index < -0.39 is 0 Å². The van der Waals surface area contributed by atoms with Crippen molar-refractivity contribution >= 4 is 11.6 Å². The average molecular weight is 245 g/mol. The van der Waals surface area contributed by atoms with E-state index in [2.05, 4.69) is 30.3 Å². The molecule has 0 atom stereocenters. The van der Waals surface area contributed by atoms with Crippen molar-refractivity contribution in [3.63, 3.8) is 0 Å². The fraction of sp³-hybridized carbons (Fsp3) is 0.200. The zero-order chi connectivity index (χ0) is 11.7. The van der Waals surface area contributed by atoms with Gasteiger partial charge < -0.3 is 4.74 Å². The number of rotatable bonds is 2. The van der Waals surface area contributed by atoms with Crippen LogP contribution in [0.2, 0.25) is 5.02 Å². The Bertz CT molecular complexity index is 518. The van der Waals surface area contributed by atoms with Crippen LogP contribution in [0.25, 0.3) is 11.1 Å². The Morgan fingerprint density at radius 3 is 2.41 bits per heavy atom. The van der Waals surface area contributed by atoms with Crippen molar-refractivity contribution in [2.24, 2.45) is 0 Å². The maximum atomic E-state index is 6.10. The smallest absolute Gasteiger partial charge is 0.0557 e. The van der Waals surface area contributed by atoms with Crippen LogP contribution in [0.5, 0.6) is 0 Å². The van der Waals surface area contributed by atoms with Gasteiger partial charge in [0.1, 0.15) is 0 Å². The first-order valence-electron chi connectivity index (χ1n) is 5.77. The van der Waals surface area contributed by atoms with Crippen LogP contribution in [0.1, 0.15) is 11.5 Å². The van der Waals surface area contributed by atoms with Gasteiger partial charge in [0, 0.05) is 10.9 Å². The predicted molar refractivity (Wildman–Crippen MR) is 70.4 cm³/mol. The summed E-state index contributed by atoms with van der Waals surface area (Å²) in [7, 11) is 0. The quantitative estimate of drug-likeness (QED) is 0.772. The molecule has 2 aromatic rings. The second-order valence-corrected chi connectivity index (χ2v) is 4.77. The molecular weight excluding hydrogens is 232 g/mol. The summed E-state index contributed by atoms with van der Waals surface area (Å²) in [5.74, 6) is 0.516. The minimum Gasteiger partial charge on any atom is -0.380 e. The highest BCUT2D eigenvalue weighted by Gasteiger charge is 2.23. The summed E-state index contributed by atoms with van der Waals surface area (Å²) in [6.45, 7) is 1.64. The van der Waals surface area contributed by atoms with Crippen LogP contribution in [0.3, 0.4) is 0 Å². The summed E-state index contributed by atoms with van der Waals surface area (Å²) in [6, 6.07) is 16.5. The Balaban J connectivity index is 2.10. The molecule has 0 unspecified atom stereocenters. The molecular formula is C15H13ClO.